The Morgan fingerprint density at radius 1 is 0.769 bits per heavy atom. The largest absolute Gasteiger partial charge is 0.373 e. The van der Waals surface area contributed by atoms with Crippen molar-refractivity contribution in [1.82, 2.24) is 19.7 Å². The summed E-state index contributed by atoms with van der Waals surface area (Å²) in [6.45, 7) is 4.80. The predicted octanol–water partition coefficient (Wildman–Crippen LogP) is 3.33. The number of benzene rings is 1. The van der Waals surface area contributed by atoms with Gasteiger partial charge in [-0.1, -0.05) is 36.4 Å². The average molecular weight is 344 g/mol. The van der Waals surface area contributed by atoms with Gasteiger partial charge in [0.05, 0.1) is 18.9 Å². The Kier molecular flexibility index (Phi) is 3.89. The van der Waals surface area contributed by atoms with Crippen LogP contribution in [0.1, 0.15) is 22.5 Å². The van der Waals surface area contributed by atoms with Crippen molar-refractivity contribution in [2.75, 3.05) is 13.2 Å². The Morgan fingerprint density at radius 3 is 2.38 bits per heavy atom. The van der Waals surface area contributed by atoms with Crippen LogP contribution in [0.4, 0.5) is 0 Å². The van der Waals surface area contributed by atoms with E-state index in [2.05, 4.69) is 81.8 Å². The molecule has 0 radical (unpaired) electrons. The van der Waals surface area contributed by atoms with Crippen molar-refractivity contribution in [1.29, 1.82) is 0 Å². The SMILES string of the molecule is C1=CN2Cc3cccc(c3)CN3C=CN(Cc4cccc(n4)CC1C2)C3. The van der Waals surface area contributed by atoms with Crippen LogP contribution in [0.5, 0.6) is 0 Å². The molecule has 5 rings (SSSR count). The van der Waals surface area contributed by atoms with E-state index >= 15 is 0 Å². The zero-order chi connectivity index (χ0) is 17.3. The molecule has 3 aliphatic rings. The molecule has 4 nitrogen and oxygen atoms in total. The third kappa shape index (κ3) is 3.32. The van der Waals surface area contributed by atoms with Gasteiger partial charge >= 0.3 is 0 Å². The number of rotatable bonds is 0. The first-order valence-electron chi connectivity index (χ1n) is 9.42. The molecular weight excluding hydrogens is 320 g/mol. The van der Waals surface area contributed by atoms with Gasteiger partial charge in [0.25, 0.3) is 0 Å². The molecule has 132 valence electrons. The highest BCUT2D eigenvalue weighted by atomic mass is 15.3. The third-order valence-corrected chi connectivity index (χ3v) is 5.35. The number of pyridine rings is 1. The first-order valence-corrected chi connectivity index (χ1v) is 9.42. The molecule has 4 heteroatoms. The van der Waals surface area contributed by atoms with Crippen molar-refractivity contribution in [2.24, 2.45) is 5.92 Å². The fourth-order valence-corrected chi connectivity index (χ4v) is 4.14. The average Bonchev–Trinajstić information content (AvgIpc) is 3.24. The summed E-state index contributed by atoms with van der Waals surface area (Å²) in [5.41, 5.74) is 5.12. The molecule has 0 amide bonds. The van der Waals surface area contributed by atoms with Gasteiger partial charge in [-0.15, -0.1) is 0 Å². The molecule has 0 saturated carbocycles. The summed E-state index contributed by atoms with van der Waals surface area (Å²) in [7, 11) is 0. The highest BCUT2D eigenvalue weighted by Crippen LogP contribution is 2.22. The maximum atomic E-state index is 4.91. The van der Waals surface area contributed by atoms with Crippen molar-refractivity contribution < 1.29 is 0 Å². The summed E-state index contributed by atoms with van der Waals surface area (Å²) in [6.07, 6.45) is 10.0. The van der Waals surface area contributed by atoms with Crippen molar-refractivity contribution in [2.45, 2.75) is 26.1 Å². The van der Waals surface area contributed by atoms with Crippen LogP contribution in [0.3, 0.4) is 0 Å². The van der Waals surface area contributed by atoms with E-state index < -0.39 is 0 Å². The normalized spacial score (nSPS) is 21.5. The Balaban J connectivity index is 1.44. The molecule has 0 N–H and O–H groups in total. The van der Waals surface area contributed by atoms with Gasteiger partial charge in [0.1, 0.15) is 0 Å². The molecule has 0 fully saturated rings. The summed E-state index contributed by atoms with van der Waals surface area (Å²) < 4.78 is 0. The second kappa shape index (κ2) is 6.52. The quantitative estimate of drug-likeness (QED) is 0.731. The molecule has 0 spiro atoms. The molecular formula is C22H24N4. The van der Waals surface area contributed by atoms with Crippen LogP contribution in [0, 0.1) is 5.92 Å². The molecule has 2 aromatic rings. The fraction of sp³-hybridized carbons (Fsp3) is 0.318. The first-order chi connectivity index (χ1) is 12.8. The summed E-state index contributed by atoms with van der Waals surface area (Å²) in [6, 6.07) is 15.5. The van der Waals surface area contributed by atoms with E-state index in [9.17, 15) is 0 Å². The molecule has 8 bridgehead atoms. The fourth-order valence-electron chi connectivity index (χ4n) is 4.14. The number of nitrogens with zero attached hydrogens (tertiary/aromatic N) is 4. The lowest BCUT2D eigenvalue weighted by molar-refractivity contribution is 0.252. The van der Waals surface area contributed by atoms with Gasteiger partial charge in [0.2, 0.25) is 0 Å². The Hall–Kier alpha value is -2.75. The summed E-state index contributed by atoms with van der Waals surface area (Å²) in [5, 5.41) is 0. The topological polar surface area (TPSA) is 22.6 Å². The lowest BCUT2D eigenvalue weighted by atomic mass is 10.0. The number of hydrogen-bond acceptors (Lipinski definition) is 4. The van der Waals surface area contributed by atoms with Crippen LogP contribution in [0.25, 0.3) is 0 Å². The van der Waals surface area contributed by atoms with E-state index in [0.717, 1.165) is 45.0 Å². The molecule has 1 aromatic heterocycles. The lowest BCUT2D eigenvalue weighted by Crippen LogP contribution is -2.25. The number of aromatic nitrogens is 1. The van der Waals surface area contributed by atoms with E-state index in [1.807, 2.05) is 0 Å². The minimum absolute atomic E-state index is 0.552. The second-order valence-corrected chi connectivity index (χ2v) is 7.61. The van der Waals surface area contributed by atoms with Crippen LogP contribution in [-0.2, 0) is 26.1 Å². The van der Waals surface area contributed by atoms with E-state index in [1.165, 1.54) is 16.8 Å². The summed E-state index contributed by atoms with van der Waals surface area (Å²) >= 11 is 0. The molecule has 0 saturated heterocycles. The van der Waals surface area contributed by atoms with Gasteiger partial charge in [-0.3, -0.25) is 4.98 Å². The highest BCUT2D eigenvalue weighted by Gasteiger charge is 2.19. The summed E-state index contributed by atoms with van der Waals surface area (Å²) in [4.78, 5) is 12.0. The monoisotopic (exact) mass is 344 g/mol. The molecule has 1 atom stereocenters. The maximum Gasteiger partial charge on any atom is 0.0901 e. The van der Waals surface area contributed by atoms with E-state index in [0.29, 0.717) is 5.92 Å². The van der Waals surface area contributed by atoms with Crippen molar-refractivity contribution in [3.05, 3.63) is 89.7 Å². The standard InChI is InChI=1S/C22H24N4/c1-3-18-11-19(4-1)15-25-9-10-26(17-25)16-22-6-2-5-21(23-22)12-20-7-8-24(13-18)14-20/h1-11,20H,12-17H2. The highest BCUT2D eigenvalue weighted by molar-refractivity contribution is 5.25. The molecule has 1 unspecified atom stereocenters. The van der Waals surface area contributed by atoms with Crippen molar-refractivity contribution in [3.8, 4) is 0 Å². The van der Waals surface area contributed by atoms with Gasteiger partial charge in [-0.05, 0) is 35.9 Å². The van der Waals surface area contributed by atoms with E-state index in [4.69, 9.17) is 4.98 Å². The maximum absolute atomic E-state index is 4.91. The van der Waals surface area contributed by atoms with E-state index in [-0.39, 0.29) is 0 Å². The third-order valence-electron chi connectivity index (χ3n) is 5.35. The van der Waals surface area contributed by atoms with Crippen LogP contribution < -0.4 is 0 Å². The lowest BCUT2D eigenvalue weighted by Gasteiger charge is -2.23. The van der Waals surface area contributed by atoms with Crippen LogP contribution in [0.2, 0.25) is 0 Å². The van der Waals surface area contributed by atoms with Gasteiger partial charge in [-0.2, -0.15) is 0 Å². The minimum atomic E-state index is 0.552. The second-order valence-electron chi connectivity index (χ2n) is 7.61. The molecule has 4 heterocycles. The molecule has 3 aliphatic heterocycles. The van der Waals surface area contributed by atoms with Gasteiger partial charge < -0.3 is 14.7 Å². The van der Waals surface area contributed by atoms with Gasteiger partial charge in [-0.25, -0.2) is 0 Å². The summed E-state index contributed by atoms with van der Waals surface area (Å²) in [5.74, 6) is 0.552. The van der Waals surface area contributed by atoms with Crippen LogP contribution >= 0.6 is 0 Å². The van der Waals surface area contributed by atoms with Crippen LogP contribution in [0.15, 0.2) is 67.1 Å². The number of fused-ring (bicyclic) bond motifs is 8. The Bertz CT molecular complexity index is 727. The van der Waals surface area contributed by atoms with E-state index in [1.54, 1.807) is 0 Å². The van der Waals surface area contributed by atoms with Crippen LogP contribution in [-0.4, -0.2) is 32.9 Å². The first kappa shape index (κ1) is 15.5. The number of hydrogen-bond donors (Lipinski definition) is 0. The zero-order valence-electron chi connectivity index (χ0n) is 15.0. The van der Waals surface area contributed by atoms with Crippen molar-refractivity contribution >= 4 is 0 Å². The molecule has 26 heavy (non-hydrogen) atoms. The smallest absolute Gasteiger partial charge is 0.0901 e. The van der Waals surface area contributed by atoms with Gasteiger partial charge in [0, 0.05) is 43.6 Å². The Labute approximate surface area is 155 Å². The molecule has 0 aliphatic carbocycles. The zero-order valence-corrected chi connectivity index (χ0v) is 15.0. The Morgan fingerprint density at radius 2 is 1.50 bits per heavy atom. The van der Waals surface area contributed by atoms with Gasteiger partial charge in [0.15, 0.2) is 0 Å². The van der Waals surface area contributed by atoms with Crippen molar-refractivity contribution in [3.63, 3.8) is 0 Å². The molecule has 1 aromatic carbocycles. The minimum Gasteiger partial charge on any atom is -0.373 e. The predicted molar refractivity (Wildman–Crippen MR) is 103 cm³/mol.